The maximum Gasteiger partial charge on any atom is 0.0467 e. The largest absolute Gasteiger partial charge is 0.310 e. The van der Waals surface area contributed by atoms with Crippen LogP contribution in [0.3, 0.4) is 0 Å². The summed E-state index contributed by atoms with van der Waals surface area (Å²) in [6, 6.07) is 94.5. The van der Waals surface area contributed by atoms with Gasteiger partial charge >= 0.3 is 0 Å². The zero-order valence-electron chi connectivity index (χ0n) is 34.8. The molecular formula is C62H43N. The molecule has 0 unspecified atom stereocenters. The molecule has 11 aromatic carbocycles. The van der Waals surface area contributed by atoms with Gasteiger partial charge in [0, 0.05) is 17.1 Å². The maximum absolute atomic E-state index is 2.41. The van der Waals surface area contributed by atoms with Gasteiger partial charge in [0.25, 0.3) is 0 Å². The molecule has 0 saturated carbocycles. The average molecular weight is 802 g/mol. The molecule has 1 nitrogen and oxygen atoms in total. The fourth-order valence-electron chi connectivity index (χ4n) is 9.28. The lowest BCUT2D eigenvalue weighted by molar-refractivity contribution is 1.28. The van der Waals surface area contributed by atoms with Crippen molar-refractivity contribution in [3.8, 4) is 66.8 Å². The fourth-order valence-corrected chi connectivity index (χ4v) is 9.28. The minimum Gasteiger partial charge on any atom is -0.310 e. The zero-order valence-corrected chi connectivity index (χ0v) is 34.8. The van der Waals surface area contributed by atoms with Crippen LogP contribution in [0.4, 0.5) is 17.1 Å². The Kier molecular flexibility index (Phi) is 9.97. The molecular weight excluding hydrogens is 759 g/mol. The molecule has 0 amide bonds. The minimum atomic E-state index is 1.09. The van der Waals surface area contributed by atoms with Gasteiger partial charge in [-0.3, -0.25) is 0 Å². The highest BCUT2D eigenvalue weighted by Gasteiger charge is 2.19. The molecule has 0 N–H and O–H groups in total. The minimum absolute atomic E-state index is 1.09. The predicted molar refractivity (Wildman–Crippen MR) is 269 cm³/mol. The number of nitrogens with zero attached hydrogens (tertiary/aromatic N) is 1. The van der Waals surface area contributed by atoms with Crippen LogP contribution in [0.1, 0.15) is 0 Å². The molecule has 0 bridgehead atoms. The van der Waals surface area contributed by atoms with Gasteiger partial charge in [-0.15, -0.1) is 0 Å². The molecule has 0 aliphatic heterocycles. The molecule has 0 heterocycles. The van der Waals surface area contributed by atoms with Crippen molar-refractivity contribution in [3.05, 3.63) is 261 Å². The molecule has 0 spiro atoms. The second-order valence-corrected chi connectivity index (χ2v) is 16.0. The van der Waals surface area contributed by atoms with Crippen LogP contribution in [0.2, 0.25) is 0 Å². The molecule has 0 aliphatic rings. The highest BCUT2D eigenvalue weighted by Crippen LogP contribution is 2.46. The lowest BCUT2D eigenvalue weighted by Gasteiger charge is -2.26. The van der Waals surface area contributed by atoms with Crippen LogP contribution >= 0.6 is 0 Å². The summed E-state index contributed by atoms with van der Waals surface area (Å²) < 4.78 is 0. The van der Waals surface area contributed by atoms with E-state index in [-0.39, 0.29) is 0 Å². The molecule has 0 aliphatic carbocycles. The Balaban J connectivity index is 1.02. The maximum atomic E-state index is 2.41. The Bertz CT molecular complexity index is 3340. The van der Waals surface area contributed by atoms with E-state index < -0.39 is 0 Å². The van der Waals surface area contributed by atoms with Gasteiger partial charge in [-0.25, -0.2) is 0 Å². The monoisotopic (exact) mass is 801 g/mol. The highest BCUT2D eigenvalue weighted by molar-refractivity contribution is 6.22. The lowest BCUT2D eigenvalue weighted by Crippen LogP contribution is -2.09. The van der Waals surface area contributed by atoms with Gasteiger partial charge in [0.1, 0.15) is 0 Å². The standard InChI is InChI=1S/C62H43N/c1-6-19-45(20-7-1)55-39-35-50(42-59(55)46-21-8-2-9-22-46)44-33-37-53(38-34-44)63(52-28-14-5-15-29-52)54-30-18-27-49(41-54)51-36-40-57-56-31-16-17-32-58(56)61(47-23-10-3-11-24-47)62(60(57)43-51)48-25-12-4-13-26-48/h1-43H. The summed E-state index contributed by atoms with van der Waals surface area (Å²) in [5.74, 6) is 0. The molecule has 11 rings (SSSR count). The first kappa shape index (κ1) is 37.7. The van der Waals surface area contributed by atoms with Crippen molar-refractivity contribution in [1.82, 2.24) is 0 Å². The molecule has 0 radical (unpaired) electrons. The van der Waals surface area contributed by atoms with E-state index in [9.17, 15) is 0 Å². The van der Waals surface area contributed by atoms with Crippen molar-refractivity contribution in [2.45, 2.75) is 0 Å². The van der Waals surface area contributed by atoms with Gasteiger partial charge in [0.05, 0.1) is 0 Å². The first-order valence-electron chi connectivity index (χ1n) is 21.7. The van der Waals surface area contributed by atoms with Gasteiger partial charge in [-0.1, -0.05) is 212 Å². The summed E-state index contributed by atoms with van der Waals surface area (Å²) >= 11 is 0. The molecule has 296 valence electrons. The number of fused-ring (bicyclic) bond motifs is 3. The van der Waals surface area contributed by atoms with E-state index in [1.807, 2.05) is 0 Å². The normalized spacial score (nSPS) is 11.2. The van der Waals surface area contributed by atoms with Crippen molar-refractivity contribution >= 4 is 38.6 Å². The molecule has 63 heavy (non-hydrogen) atoms. The van der Waals surface area contributed by atoms with Crippen molar-refractivity contribution in [2.75, 3.05) is 4.90 Å². The third-order valence-corrected chi connectivity index (χ3v) is 12.3. The second-order valence-electron chi connectivity index (χ2n) is 16.0. The lowest BCUT2D eigenvalue weighted by atomic mass is 9.84. The Hall–Kier alpha value is -8.26. The van der Waals surface area contributed by atoms with Gasteiger partial charge in [0.15, 0.2) is 0 Å². The van der Waals surface area contributed by atoms with E-state index in [0.717, 1.165) is 22.6 Å². The summed E-state index contributed by atoms with van der Waals surface area (Å²) in [5.41, 5.74) is 17.8. The number of rotatable bonds is 9. The molecule has 1 heteroatoms. The van der Waals surface area contributed by atoms with Crippen molar-refractivity contribution in [3.63, 3.8) is 0 Å². The third-order valence-electron chi connectivity index (χ3n) is 12.3. The molecule has 0 aromatic heterocycles. The van der Waals surface area contributed by atoms with Crippen LogP contribution in [-0.4, -0.2) is 0 Å². The van der Waals surface area contributed by atoms with Gasteiger partial charge in [-0.05, 0) is 137 Å². The van der Waals surface area contributed by atoms with Crippen LogP contribution in [0, 0.1) is 0 Å². The van der Waals surface area contributed by atoms with Gasteiger partial charge in [0.2, 0.25) is 0 Å². The van der Waals surface area contributed by atoms with Gasteiger partial charge in [-0.2, -0.15) is 0 Å². The SMILES string of the molecule is c1ccc(-c2ccc(-c3ccc(N(c4ccccc4)c4cccc(-c5ccc6c(c5)c(-c5ccccc5)c(-c5ccccc5)c5ccccc56)c4)cc3)cc2-c2ccccc2)cc1. The number of anilines is 3. The zero-order chi connectivity index (χ0) is 42.0. The molecule has 0 saturated heterocycles. The molecule has 0 atom stereocenters. The van der Waals surface area contributed by atoms with E-state index in [1.54, 1.807) is 0 Å². The number of hydrogen-bond acceptors (Lipinski definition) is 1. The summed E-state index contributed by atoms with van der Waals surface area (Å²) in [7, 11) is 0. The van der Waals surface area contributed by atoms with Crippen molar-refractivity contribution < 1.29 is 0 Å². The Morgan fingerprint density at radius 3 is 1.24 bits per heavy atom. The van der Waals surface area contributed by atoms with Crippen LogP contribution in [-0.2, 0) is 0 Å². The van der Waals surface area contributed by atoms with E-state index in [1.165, 1.54) is 82.7 Å². The Labute approximate surface area is 369 Å². The summed E-state index contributed by atoms with van der Waals surface area (Å²) in [4.78, 5) is 2.36. The summed E-state index contributed by atoms with van der Waals surface area (Å²) in [5, 5.41) is 5.01. The van der Waals surface area contributed by atoms with E-state index >= 15 is 0 Å². The summed E-state index contributed by atoms with van der Waals surface area (Å²) in [6.45, 7) is 0. The van der Waals surface area contributed by atoms with E-state index in [4.69, 9.17) is 0 Å². The molecule has 0 fully saturated rings. The summed E-state index contributed by atoms with van der Waals surface area (Å²) in [6.07, 6.45) is 0. The van der Waals surface area contributed by atoms with Crippen molar-refractivity contribution in [1.29, 1.82) is 0 Å². The predicted octanol–water partition coefficient (Wildman–Crippen LogP) is 17.5. The first-order chi connectivity index (χ1) is 31.3. The van der Waals surface area contributed by atoms with Crippen LogP contribution in [0.5, 0.6) is 0 Å². The smallest absolute Gasteiger partial charge is 0.0467 e. The molecule has 11 aromatic rings. The topological polar surface area (TPSA) is 3.24 Å². The van der Waals surface area contributed by atoms with Crippen molar-refractivity contribution in [2.24, 2.45) is 0 Å². The highest BCUT2D eigenvalue weighted by atomic mass is 15.1. The number of hydrogen-bond donors (Lipinski definition) is 0. The third kappa shape index (κ3) is 7.26. The second kappa shape index (κ2) is 16.7. The van der Waals surface area contributed by atoms with E-state index in [2.05, 4.69) is 266 Å². The van der Waals surface area contributed by atoms with Crippen LogP contribution in [0.15, 0.2) is 261 Å². The van der Waals surface area contributed by atoms with E-state index in [0.29, 0.717) is 0 Å². The van der Waals surface area contributed by atoms with Gasteiger partial charge < -0.3 is 4.90 Å². The first-order valence-corrected chi connectivity index (χ1v) is 21.7. The average Bonchev–Trinajstić information content (AvgIpc) is 3.37. The number of benzene rings is 11. The van der Waals surface area contributed by atoms with Crippen LogP contribution < -0.4 is 4.90 Å². The Morgan fingerprint density at radius 1 is 0.190 bits per heavy atom. The fraction of sp³-hybridized carbons (Fsp3) is 0. The Morgan fingerprint density at radius 2 is 0.603 bits per heavy atom. The number of para-hydroxylation sites is 1. The van der Waals surface area contributed by atoms with Crippen LogP contribution in [0.25, 0.3) is 88.3 Å². The quantitative estimate of drug-likeness (QED) is 0.131.